The Balaban J connectivity index is 1.97. The largest absolute Gasteiger partial charge is 0.307 e. The molecule has 0 bridgehead atoms. The van der Waals surface area contributed by atoms with Crippen LogP contribution in [0.4, 0.5) is 0 Å². The van der Waals surface area contributed by atoms with Crippen molar-refractivity contribution in [1.29, 1.82) is 0 Å². The molecule has 3 atom stereocenters. The quantitative estimate of drug-likeness (QED) is 0.0952. The van der Waals surface area contributed by atoms with Crippen molar-refractivity contribution in [1.82, 2.24) is 5.32 Å². The van der Waals surface area contributed by atoms with Gasteiger partial charge in [-0.05, 0) is 25.8 Å². The van der Waals surface area contributed by atoms with Gasteiger partial charge in [0, 0.05) is 13.8 Å². The molecule has 198 valence electrons. The number of allylic oxidation sites excluding steroid dienone is 1. The summed E-state index contributed by atoms with van der Waals surface area (Å²) in [5, 5.41) is 3.09. The molecule has 0 aliphatic carbocycles. The van der Waals surface area contributed by atoms with Gasteiger partial charge in [-0.3, -0.25) is 9.28 Å². The molecule has 1 aliphatic heterocycles. The highest BCUT2D eigenvalue weighted by molar-refractivity contribution is 5.73. The first kappa shape index (κ1) is 30.9. The van der Waals surface area contributed by atoms with Crippen LogP contribution in [0, 0.1) is 0 Å². The Morgan fingerprint density at radius 3 is 1.79 bits per heavy atom. The first-order valence-corrected chi connectivity index (χ1v) is 14.9. The molecular formula is C30H58N3O+. The summed E-state index contributed by atoms with van der Waals surface area (Å²) in [4.78, 5) is 16.3. The lowest BCUT2D eigenvalue weighted by atomic mass is 10.0. The van der Waals surface area contributed by atoms with E-state index in [2.05, 4.69) is 38.2 Å². The lowest BCUT2D eigenvalue weighted by molar-refractivity contribution is -0.953. The molecule has 0 saturated heterocycles. The first-order valence-electron chi connectivity index (χ1n) is 14.9. The average Bonchev–Trinajstić information content (AvgIpc) is 3.24. The lowest BCUT2D eigenvalue weighted by Gasteiger charge is -2.41. The summed E-state index contributed by atoms with van der Waals surface area (Å²) < 4.78 is 0.801. The van der Waals surface area contributed by atoms with Crippen molar-refractivity contribution in [3.8, 4) is 0 Å². The Labute approximate surface area is 212 Å². The molecule has 0 saturated carbocycles. The molecule has 1 aliphatic rings. The summed E-state index contributed by atoms with van der Waals surface area (Å²) in [6, 6.07) is 0. The minimum absolute atomic E-state index is 0.0385. The van der Waals surface area contributed by atoms with Gasteiger partial charge in [0.2, 0.25) is 12.1 Å². The van der Waals surface area contributed by atoms with E-state index in [1.54, 1.807) is 6.92 Å². The number of aliphatic imine (C=N–C) groups is 1. The fourth-order valence-electron chi connectivity index (χ4n) is 5.37. The summed E-state index contributed by atoms with van der Waals surface area (Å²) in [6.07, 6.45) is 32.1. The number of quaternary nitrogens is 1. The second-order valence-electron chi connectivity index (χ2n) is 10.6. The van der Waals surface area contributed by atoms with Gasteiger partial charge >= 0.3 is 0 Å². The molecule has 1 amide bonds. The third-order valence-corrected chi connectivity index (χ3v) is 7.76. The maximum Gasteiger partial charge on any atom is 0.221 e. The lowest BCUT2D eigenvalue weighted by Crippen LogP contribution is -2.63. The van der Waals surface area contributed by atoms with Crippen molar-refractivity contribution < 1.29 is 9.28 Å². The number of carbonyl (C=O) groups excluding carboxylic acids is 1. The molecule has 0 aromatic carbocycles. The molecule has 0 fully saturated rings. The fourth-order valence-corrected chi connectivity index (χ4v) is 5.37. The van der Waals surface area contributed by atoms with Crippen LogP contribution in [0.1, 0.15) is 143 Å². The number of amides is 1. The molecular weight excluding hydrogens is 418 g/mol. The van der Waals surface area contributed by atoms with Crippen LogP contribution in [0.25, 0.3) is 0 Å². The van der Waals surface area contributed by atoms with Gasteiger partial charge in [-0.25, -0.2) is 4.99 Å². The molecule has 0 aromatic heterocycles. The Morgan fingerprint density at radius 2 is 1.35 bits per heavy atom. The molecule has 4 heteroatoms. The number of hydrogen-bond acceptors (Lipinski definition) is 2. The van der Waals surface area contributed by atoms with Crippen molar-refractivity contribution >= 4 is 12.1 Å². The summed E-state index contributed by atoms with van der Waals surface area (Å²) in [5.74, 6) is 0.0385. The van der Waals surface area contributed by atoms with E-state index in [9.17, 15) is 4.79 Å². The number of nitrogens with one attached hydrogen (secondary N) is 1. The van der Waals surface area contributed by atoms with E-state index >= 15 is 0 Å². The summed E-state index contributed by atoms with van der Waals surface area (Å²) in [7, 11) is 0. The van der Waals surface area contributed by atoms with Gasteiger partial charge in [0.1, 0.15) is 6.54 Å². The van der Waals surface area contributed by atoms with Crippen LogP contribution in [0.2, 0.25) is 0 Å². The highest BCUT2D eigenvalue weighted by Gasteiger charge is 2.41. The minimum atomic E-state index is 0.0385. The number of carbonyl (C=O) groups is 1. The van der Waals surface area contributed by atoms with Crippen LogP contribution in [-0.2, 0) is 4.79 Å². The molecule has 1 N–H and O–H groups in total. The van der Waals surface area contributed by atoms with Crippen molar-refractivity contribution in [2.45, 2.75) is 156 Å². The van der Waals surface area contributed by atoms with E-state index in [0.717, 1.165) is 24.0 Å². The normalized spacial score (nSPS) is 20.9. The van der Waals surface area contributed by atoms with Crippen LogP contribution >= 0.6 is 0 Å². The van der Waals surface area contributed by atoms with Gasteiger partial charge in [0.25, 0.3) is 0 Å². The predicted octanol–water partition coefficient (Wildman–Crippen LogP) is 8.31. The third kappa shape index (κ3) is 13.1. The highest BCUT2D eigenvalue weighted by Crippen LogP contribution is 2.24. The fraction of sp³-hybridized carbons (Fsp3) is 0.867. The zero-order valence-electron chi connectivity index (χ0n) is 23.3. The van der Waals surface area contributed by atoms with E-state index in [0.29, 0.717) is 0 Å². The van der Waals surface area contributed by atoms with Gasteiger partial charge in [0.05, 0.1) is 12.8 Å². The summed E-state index contributed by atoms with van der Waals surface area (Å²) in [5.41, 5.74) is 0. The molecule has 34 heavy (non-hydrogen) atoms. The van der Waals surface area contributed by atoms with Crippen molar-refractivity contribution in [2.75, 3.05) is 13.1 Å². The first-order chi connectivity index (χ1) is 16.6. The second-order valence-corrected chi connectivity index (χ2v) is 10.6. The SMILES string of the molecule is CCCCCCCCCCCCCCCCCCC/C=C/C1N=CC[N+]1(CC)C(C)NC(C)=O. The van der Waals surface area contributed by atoms with E-state index in [4.69, 9.17) is 4.99 Å². The van der Waals surface area contributed by atoms with E-state index in [-0.39, 0.29) is 18.2 Å². The smallest absolute Gasteiger partial charge is 0.221 e. The molecule has 4 nitrogen and oxygen atoms in total. The number of likely N-dealkylation sites (N-methyl/N-ethyl adjacent to an activating group) is 1. The molecule has 0 radical (unpaired) electrons. The number of hydrogen-bond donors (Lipinski definition) is 1. The Hall–Kier alpha value is -1.16. The number of rotatable bonds is 22. The van der Waals surface area contributed by atoms with Crippen LogP contribution in [0.15, 0.2) is 17.1 Å². The predicted molar refractivity (Wildman–Crippen MR) is 149 cm³/mol. The van der Waals surface area contributed by atoms with Gasteiger partial charge < -0.3 is 5.32 Å². The van der Waals surface area contributed by atoms with Gasteiger partial charge in [-0.2, -0.15) is 0 Å². The van der Waals surface area contributed by atoms with Crippen LogP contribution in [-0.4, -0.2) is 42.0 Å². The maximum absolute atomic E-state index is 11.5. The molecule has 0 aromatic rings. The second kappa shape index (κ2) is 20.1. The van der Waals surface area contributed by atoms with Gasteiger partial charge in [-0.1, -0.05) is 116 Å². The highest BCUT2D eigenvalue weighted by atomic mass is 16.1. The van der Waals surface area contributed by atoms with Crippen LogP contribution in [0.5, 0.6) is 0 Å². The average molecular weight is 477 g/mol. The van der Waals surface area contributed by atoms with Crippen molar-refractivity contribution in [3.05, 3.63) is 12.2 Å². The van der Waals surface area contributed by atoms with Crippen molar-refractivity contribution in [2.24, 2.45) is 4.99 Å². The molecule has 3 unspecified atom stereocenters. The Bertz CT molecular complexity index is 559. The van der Waals surface area contributed by atoms with E-state index < -0.39 is 0 Å². The number of unbranched alkanes of at least 4 members (excludes halogenated alkanes) is 17. The monoisotopic (exact) mass is 476 g/mol. The number of nitrogens with zero attached hydrogens (tertiary/aromatic N) is 2. The van der Waals surface area contributed by atoms with E-state index in [1.807, 2.05) is 6.21 Å². The Morgan fingerprint density at radius 1 is 0.882 bits per heavy atom. The van der Waals surface area contributed by atoms with Gasteiger partial charge in [-0.15, -0.1) is 0 Å². The third-order valence-electron chi connectivity index (χ3n) is 7.76. The van der Waals surface area contributed by atoms with E-state index in [1.165, 1.54) is 109 Å². The van der Waals surface area contributed by atoms with Crippen molar-refractivity contribution in [3.63, 3.8) is 0 Å². The summed E-state index contributed by atoms with van der Waals surface area (Å²) >= 11 is 0. The van der Waals surface area contributed by atoms with Crippen LogP contribution < -0.4 is 5.32 Å². The minimum Gasteiger partial charge on any atom is -0.307 e. The molecule has 1 rings (SSSR count). The van der Waals surface area contributed by atoms with Gasteiger partial charge in [0.15, 0.2) is 6.17 Å². The Kier molecular flexibility index (Phi) is 18.2. The zero-order chi connectivity index (χ0) is 24.9. The molecule has 0 spiro atoms. The van der Waals surface area contributed by atoms with Crippen LogP contribution in [0.3, 0.4) is 0 Å². The molecule has 1 heterocycles. The topological polar surface area (TPSA) is 41.5 Å². The zero-order valence-corrected chi connectivity index (χ0v) is 23.3. The standard InChI is InChI=1S/C30H57N3O/c1-5-7-8-9-10-11-12-13-14-15-16-17-18-19-20-21-22-23-24-25-30-31-26-27-33(30,6-2)28(3)32-29(4)34/h24-26,28,30H,5-23,27H2,1-4H3/p+1/b25-24+. The summed E-state index contributed by atoms with van der Waals surface area (Å²) in [6.45, 7) is 10.1. The maximum atomic E-state index is 11.5.